The molecule has 1 N–H and O–H groups in total. The highest BCUT2D eigenvalue weighted by Crippen LogP contribution is 2.30. The average molecular weight is 340 g/mol. The Bertz CT molecular complexity index is 561. The van der Waals surface area contributed by atoms with Crippen LogP contribution in [-0.4, -0.2) is 9.78 Å². The molecule has 0 saturated heterocycles. The molecule has 19 heavy (non-hydrogen) atoms. The Morgan fingerprint density at radius 3 is 3.21 bits per heavy atom. The number of hydrogen-bond donors (Lipinski definition) is 1. The largest absolute Gasteiger partial charge is 0.306 e. The fraction of sp³-hybridized carbons (Fsp3) is 0.500. The lowest BCUT2D eigenvalue weighted by atomic mass is 9.93. The van der Waals surface area contributed by atoms with Crippen LogP contribution in [0.15, 0.2) is 21.4 Å². The van der Waals surface area contributed by atoms with Crippen LogP contribution < -0.4 is 5.32 Å². The van der Waals surface area contributed by atoms with Crippen molar-refractivity contribution in [2.45, 2.75) is 45.3 Å². The summed E-state index contributed by atoms with van der Waals surface area (Å²) >= 11 is 5.26. The highest BCUT2D eigenvalue weighted by Gasteiger charge is 2.23. The van der Waals surface area contributed by atoms with E-state index in [4.69, 9.17) is 0 Å². The van der Waals surface area contributed by atoms with Gasteiger partial charge in [0.2, 0.25) is 0 Å². The third-order valence-corrected chi connectivity index (χ3v) is 5.29. The van der Waals surface area contributed by atoms with Crippen molar-refractivity contribution in [1.82, 2.24) is 15.1 Å². The molecule has 0 radical (unpaired) electrons. The van der Waals surface area contributed by atoms with Gasteiger partial charge in [-0.1, -0.05) is 0 Å². The van der Waals surface area contributed by atoms with Gasteiger partial charge in [-0.3, -0.25) is 4.68 Å². The first-order valence-electron chi connectivity index (χ1n) is 6.78. The van der Waals surface area contributed by atoms with E-state index in [-0.39, 0.29) is 0 Å². The van der Waals surface area contributed by atoms with Crippen LogP contribution in [0.25, 0.3) is 0 Å². The highest BCUT2D eigenvalue weighted by molar-refractivity contribution is 9.11. The minimum atomic E-state index is 0.461. The second-order valence-corrected chi connectivity index (χ2v) is 7.24. The van der Waals surface area contributed by atoms with Gasteiger partial charge in [0.05, 0.1) is 9.98 Å². The summed E-state index contributed by atoms with van der Waals surface area (Å²) in [5, 5.41) is 10.4. The summed E-state index contributed by atoms with van der Waals surface area (Å²) < 4.78 is 3.34. The van der Waals surface area contributed by atoms with Crippen molar-refractivity contribution in [2.75, 3.05) is 0 Å². The molecular weight excluding hydrogens is 322 g/mol. The number of rotatable bonds is 4. The second-order valence-electron chi connectivity index (χ2n) is 4.95. The Kier molecular flexibility index (Phi) is 4.05. The molecule has 0 amide bonds. The summed E-state index contributed by atoms with van der Waals surface area (Å²) in [6.45, 7) is 4.07. The zero-order chi connectivity index (χ0) is 13.2. The molecule has 3 rings (SSSR count). The van der Waals surface area contributed by atoms with Gasteiger partial charge in [0.1, 0.15) is 0 Å². The van der Waals surface area contributed by atoms with Crippen molar-refractivity contribution in [2.24, 2.45) is 0 Å². The summed E-state index contributed by atoms with van der Waals surface area (Å²) in [5.74, 6) is 0. The quantitative estimate of drug-likeness (QED) is 0.915. The molecule has 0 spiro atoms. The number of fused-ring (bicyclic) bond motifs is 1. The van der Waals surface area contributed by atoms with E-state index in [0.29, 0.717) is 6.04 Å². The van der Waals surface area contributed by atoms with Gasteiger partial charge in [0, 0.05) is 30.4 Å². The number of nitrogens with zero attached hydrogens (tertiary/aromatic N) is 2. The first-order valence-corrected chi connectivity index (χ1v) is 8.46. The van der Waals surface area contributed by atoms with Gasteiger partial charge < -0.3 is 5.32 Å². The summed E-state index contributed by atoms with van der Waals surface area (Å²) in [6, 6.07) is 2.65. The van der Waals surface area contributed by atoms with Crippen LogP contribution in [0, 0.1) is 0 Å². The Hall–Kier alpha value is -0.650. The van der Waals surface area contributed by atoms with Crippen LogP contribution in [0.1, 0.15) is 42.6 Å². The van der Waals surface area contributed by atoms with Crippen molar-refractivity contribution in [3.63, 3.8) is 0 Å². The molecular formula is C14H18BrN3S. The molecule has 102 valence electrons. The van der Waals surface area contributed by atoms with E-state index in [9.17, 15) is 0 Å². The Labute approximate surface area is 126 Å². The normalized spacial score (nSPS) is 18.5. The van der Waals surface area contributed by atoms with Crippen LogP contribution in [0.5, 0.6) is 0 Å². The maximum Gasteiger partial charge on any atom is 0.0701 e. The van der Waals surface area contributed by atoms with Crippen molar-refractivity contribution >= 4 is 27.3 Å². The van der Waals surface area contributed by atoms with Crippen LogP contribution in [0.3, 0.4) is 0 Å². The lowest BCUT2D eigenvalue weighted by Crippen LogP contribution is -2.24. The molecule has 5 heteroatoms. The van der Waals surface area contributed by atoms with Crippen molar-refractivity contribution < 1.29 is 0 Å². The topological polar surface area (TPSA) is 29.9 Å². The zero-order valence-electron chi connectivity index (χ0n) is 11.0. The van der Waals surface area contributed by atoms with Crippen LogP contribution in [0.2, 0.25) is 0 Å². The fourth-order valence-electron chi connectivity index (χ4n) is 2.78. The minimum absolute atomic E-state index is 0.461. The van der Waals surface area contributed by atoms with E-state index in [0.717, 1.165) is 13.1 Å². The number of aromatic nitrogens is 2. The maximum absolute atomic E-state index is 4.50. The molecule has 3 nitrogen and oxygen atoms in total. The third kappa shape index (κ3) is 2.78. The van der Waals surface area contributed by atoms with E-state index >= 15 is 0 Å². The van der Waals surface area contributed by atoms with E-state index < -0.39 is 0 Å². The van der Waals surface area contributed by atoms with Gasteiger partial charge >= 0.3 is 0 Å². The van der Waals surface area contributed by atoms with E-state index in [1.165, 1.54) is 39.9 Å². The van der Waals surface area contributed by atoms with E-state index in [1.54, 1.807) is 11.3 Å². The first kappa shape index (κ1) is 13.3. The van der Waals surface area contributed by atoms with E-state index in [1.807, 2.05) is 0 Å². The van der Waals surface area contributed by atoms with Gasteiger partial charge in [-0.15, -0.1) is 11.3 Å². The summed E-state index contributed by atoms with van der Waals surface area (Å²) in [4.78, 5) is 0. The number of halogens is 1. The number of hydrogen-bond acceptors (Lipinski definition) is 3. The lowest BCUT2D eigenvalue weighted by molar-refractivity contribution is 0.448. The molecule has 2 heterocycles. The van der Waals surface area contributed by atoms with Gasteiger partial charge in [-0.25, -0.2) is 0 Å². The van der Waals surface area contributed by atoms with Gasteiger partial charge in [0.15, 0.2) is 0 Å². The van der Waals surface area contributed by atoms with Crippen molar-refractivity contribution in [3.8, 4) is 0 Å². The van der Waals surface area contributed by atoms with Crippen LogP contribution in [-0.2, 0) is 19.5 Å². The second kappa shape index (κ2) is 5.77. The standard InChI is InChI=1S/C14H18BrN3S/c1-2-18-13-5-3-4-12(11(13)8-17-18)16-7-10-6-14(15)19-9-10/h6,8-9,12,16H,2-5,7H2,1H3/t12-/m1/s1. The Morgan fingerprint density at radius 1 is 1.58 bits per heavy atom. The highest BCUT2D eigenvalue weighted by atomic mass is 79.9. The molecule has 0 saturated carbocycles. The predicted octanol–water partition coefficient (Wildman–Crippen LogP) is 3.89. The summed E-state index contributed by atoms with van der Waals surface area (Å²) in [5.41, 5.74) is 4.19. The number of nitrogens with one attached hydrogen (secondary N) is 1. The molecule has 2 aromatic heterocycles. The lowest BCUT2D eigenvalue weighted by Gasteiger charge is -2.24. The molecule has 0 aromatic carbocycles. The molecule has 0 fully saturated rings. The summed E-state index contributed by atoms with van der Waals surface area (Å²) in [6.07, 6.45) is 5.70. The molecule has 0 unspecified atom stereocenters. The van der Waals surface area contributed by atoms with Crippen LogP contribution >= 0.6 is 27.3 Å². The maximum atomic E-state index is 4.50. The zero-order valence-corrected chi connectivity index (χ0v) is 13.4. The van der Waals surface area contributed by atoms with Gasteiger partial charge in [-0.05, 0) is 59.1 Å². The van der Waals surface area contributed by atoms with Crippen molar-refractivity contribution in [3.05, 3.63) is 38.3 Å². The Balaban J connectivity index is 1.71. The molecule has 1 atom stereocenters. The molecule has 0 bridgehead atoms. The number of thiophene rings is 1. The van der Waals surface area contributed by atoms with Gasteiger partial charge in [-0.2, -0.15) is 5.10 Å². The molecule has 1 aliphatic carbocycles. The minimum Gasteiger partial charge on any atom is -0.306 e. The van der Waals surface area contributed by atoms with Gasteiger partial charge in [0.25, 0.3) is 0 Å². The third-order valence-electron chi connectivity index (χ3n) is 3.74. The molecule has 0 aliphatic heterocycles. The Morgan fingerprint density at radius 2 is 2.47 bits per heavy atom. The summed E-state index contributed by atoms with van der Waals surface area (Å²) in [7, 11) is 0. The number of aryl methyl sites for hydroxylation is 1. The molecule has 2 aromatic rings. The predicted molar refractivity (Wildman–Crippen MR) is 82.4 cm³/mol. The van der Waals surface area contributed by atoms with Crippen LogP contribution in [0.4, 0.5) is 0 Å². The van der Waals surface area contributed by atoms with Crippen molar-refractivity contribution in [1.29, 1.82) is 0 Å². The first-order chi connectivity index (χ1) is 9.28. The van der Waals surface area contributed by atoms with E-state index in [2.05, 4.69) is 55.6 Å². The SMILES string of the molecule is CCn1ncc2c1CCC[C@H]2NCc1csc(Br)c1. The molecule has 1 aliphatic rings. The smallest absolute Gasteiger partial charge is 0.0701 e. The average Bonchev–Trinajstić information content (AvgIpc) is 3.02. The fourth-order valence-corrected chi connectivity index (χ4v) is 3.99. The monoisotopic (exact) mass is 339 g/mol.